The minimum Gasteiger partial charge on any atom is -0.444 e. The van der Waals surface area contributed by atoms with Crippen LogP contribution in [0.1, 0.15) is 70.1 Å². The van der Waals surface area contributed by atoms with Gasteiger partial charge in [-0.25, -0.2) is 4.79 Å². The Labute approximate surface area is 204 Å². The number of rotatable bonds is 5. The summed E-state index contributed by atoms with van der Waals surface area (Å²) in [6.45, 7) is 6.77. The van der Waals surface area contributed by atoms with Gasteiger partial charge in [0.05, 0.1) is 22.8 Å². The van der Waals surface area contributed by atoms with Gasteiger partial charge in [0.25, 0.3) is 0 Å². The van der Waals surface area contributed by atoms with E-state index in [-0.39, 0.29) is 18.2 Å². The van der Waals surface area contributed by atoms with Crippen molar-refractivity contribution in [2.24, 2.45) is 5.92 Å². The first-order valence-corrected chi connectivity index (χ1v) is 12.5. The van der Waals surface area contributed by atoms with E-state index in [1.54, 1.807) is 0 Å². The first-order valence-electron chi connectivity index (χ1n) is 11.8. The fourth-order valence-corrected chi connectivity index (χ4v) is 5.63. The number of piperidine rings is 2. The van der Waals surface area contributed by atoms with Crippen molar-refractivity contribution in [3.8, 4) is 11.3 Å². The van der Waals surface area contributed by atoms with Gasteiger partial charge in [-0.3, -0.25) is 0 Å². The third kappa shape index (κ3) is 4.75. The first kappa shape index (κ1) is 23.0. The maximum Gasteiger partial charge on any atom is 0.410 e. The molecule has 4 fully saturated rings. The topological polar surface area (TPSA) is 64.8 Å². The number of nitrogens with zero attached hydrogens (tertiary/aromatic N) is 2. The van der Waals surface area contributed by atoms with Gasteiger partial charge in [0.15, 0.2) is 0 Å². The van der Waals surface area contributed by atoms with Gasteiger partial charge in [-0.15, -0.1) is 0 Å². The van der Waals surface area contributed by atoms with Gasteiger partial charge in [-0.1, -0.05) is 34.4 Å². The molecule has 8 heteroatoms. The van der Waals surface area contributed by atoms with Crippen molar-refractivity contribution in [3.05, 3.63) is 39.6 Å². The molecule has 1 aromatic heterocycles. The minimum atomic E-state index is -0.493. The molecule has 33 heavy (non-hydrogen) atoms. The Hall–Kier alpha value is -1.76. The van der Waals surface area contributed by atoms with E-state index in [2.05, 4.69) is 5.16 Å². The van der Waals surface area contributed by atoms with Crippen molar-refractivity contribution in [1.29, 1.82) is 0 Å². The smallest absolute Gasteiger partial charge is 0.410 e. The Morgan fingerprint density at radius 1 is 1.18 bits per heavy atom. The number of carbonyl (C=O) groups is 1. The fraction of sp³-hybridized carbons (Fsp3) is 0.600. The Morgan fingerprint density at radius 3 is 2.52 bits per heavy atom. The lowest BCUT2D eigenvalue weighted by atomic mass is 9.78. The predicted molar refractivity (Wildman–Crippen MR) is 127 cm³/mol. The van der Waals surface area contributed by atoms with Crippen molar-refractivity contribution in [2.75, 3.05) is 6.54 Å². The number of carbonyl (C=O) groups excluding carboxylic acids is 1. The average molecular weight is 493 g/mol. The van der Waals surface area contributed by atoms with Crippen LogP contribution < -0.4 is 0 Å². The van der Waals surface area contributed by atoms with Crippen LogP contribution in [0.2, 0.25) is 10.0 Å². The normalized spacial score (nSPS) is 24.9. The molecule has 3 atom stereocenters. The summed E-state index contributed by atoms with van der Waals surface area (Å²) in [4.78, 5) is 14.6. The molecular weight excluding hydrogens is 463 g/mol. The lowest BCUT2D eigenvalue weighted by Gasteiger charge is -2.49. The van der Waals surface area contributed by atoms with Crippen LogP contribution in [-0.4, -0.2) is 40.4 Å². The molecule has 178 valence electrons. The molecule has 0 spiro atoms. The number of benzene rings is 1. The zero-order valence-corrected chi connectivity index (χ0v) is 20.8. The molecule has 4 aliphatic rings. The minimum absolute atomic E-state index is 0.0824. The van der Waals surface area contributed by atoms with E-state index in [9.17, 15) is 4.79 Å². The summed E-state index contributed by atoms with van der Waals surface area (Å²) in [5, 5.41) is 5.45. The van der Waals surface area contributed by atoms with Crippen LogP contribution in [-0.2, 0) is 16.1 Å². The van der Waals surface area contributed by atoms with E-state index >= 15 is 0 Å². The second-order valence-electron chi connectivity index (χ2n) is 10.5. The molecule has 6 rings (SSSR count). The van der Waals surface area contributed by atoms with Crippen LogP contribution in [0.3, 0.4) is 0 Å². The Balaban J connectivity index is 1.32. The van der Waals surface area contributed by atoms with Gasteiger partial charge in [0.1, 0.15) is 17.1 Å². The van der Waals surface area contributed by atoms with E-state index in [1.165, 1.54) is 0 Å². The van der Waals surface area contributed by atoms with Crippen molar-refractivity contribution in [1.82, 2.24) is 10.1 Å². The zero-order chi connectivity index (χ0) is 23.3. The molecule has 1 amide bonds. The molecule has 0 radical (unpaired) electrons. The third-order valence-corrected chi connectivity index (χ3v) is 7.44. The molecular formula is C25H30Cl2N2O4. The zero-order valence-electron chi connectivity index (χ0n) is 19.3. The molecule has 2 bridgehead atoms. The van der Waals surface area contributed by atoms with Crippen LogP contribution in [0, 0.1) is 5.92 Å². The SMILES string of the molecule is CC(C)(C)OC(=O)N1CC2CCC1CC2OCc1c(-c2c(Cl)cccc2Cl)noc1C1CC1. The highest BCUT2D eigenvalue weighted by Crippen LogP contribution is 2.46. The van der Waals surface area contributed by atoms with Crippen molar-refractivity contribution >= 4 is 29.3 Å². The van der Waals surface area contributed by atoms with Gasteiger partial charge < -0.3 is 18.9 Å². The number of hydrogen-bond acceptors (Lipinski definition) is 5. The lowest BCUT2D eigenvalue weighted by molar-refractivity contribution is -0.0934. The van der Waals surface area contributed by atoms with E-state index in [0.717, 1.165) is 43.4 Å². The number of aromatic nitrogens is 1. The summed E-state index contributed by atoms with van der Waals surface area (Å²) in [5.41, 5.74) is 1.81. The van der Waals surface area contributed by atoms with Crippen LogP contribution in [0.25, 0.3) is 11.3 Å². The fourth-order valence-electron chi connectivity index (χ4n) is 5.05. The molecule has 3 heterocycles. The molecule has 2 aromatic rings. The molecule has 2 saturated heterocycles. The first-order chi connectivity index (χ1) is 15.7. The molecule has 0 N–H and O–H groups in total. The second kappa shape index (κ2) is 8.79. The summed E-state index contributed by atoms with van der Waals surface area (Å²) in [5.74, 6) is 1.56. The molecule has 3 unspecified atom stereocenters. The Kier molecular flexibility index (Phi) is 6.13. The van der Waals surface area contributed by atoms with E-state index in [4.69, 9.17) is 37.2 Å². The van der Waals surface area contributed by atoms with E-state index < -0.39 is 5.60 Å². The number of ether oxygens (including phenoxy) is 2. The van der Waals surface area contributed by atoms with E-state index in [0.29, 0.717) is 46.3 Å². The highest BCUT2D eigenvalue weighted by Gasteiger charge is 2.44. The maximum atomic E-state index is 12.7. The van der Waals surface area contributed by atoms with Gasteiger partial charge in [-0.2, -0.15) is 0 Å². The number of fused-ring (bicyclic) bond motifs is 3. The van der Waals surface area contributed by atoms with E-state index in [1.807, 2.05) is 43.9 Å². The van der Waals surface area contributed by atoms with Crippen LogP contribution in [0.15, 0.2) is 22.7 Å². The largest absolute Gasteiger partial charge is 0.444 e. The standard InChI is InChI=1S/C25H30Cl2N2O4/c1-25(2,3)32-24(30)29-12-15-9-10-16(29)11-20(15)31-13-17-22(28-33-23(17)14-7-8-14)21-18(26)5-4-6-19(21)27/h4-6,14-16,20H,7-13H2,1-3H3. The van der Waals surface area contributed by atoms with Crippen molar-refractivity contribution < 1.29 is 18.8 Å². The lowest BCUT2D eigenvalue weighted by Crippen LogP contribution is -2.57. The number of halogens is 2. The summed E-state index contributed by atoms with van der Waals surface area (Å²) in [7, 11) is 0. The third-order valence-electron chi connectivity index (χ3n) is 6.81. The Bertz CT molecular complexity index is 1020. The number of hydrogen-bond donors (Lipinski definition) is 0. The number of amides is 1. The molecule has 2 saturated carbocycles. The molecule has 2 aliphatic heterocycles. The van der Waals surface area contributed by atoms with Gasteiger partial charge in [0, 0.05) is 35.5 Å². The van der Waals surface area contributed by atoms with Crippen LogP contribution >= 0.6 is 23.2 Å². The predicted octanol–water partition coefficient (Wildman–Crippen LogP) is 6.83. The molecule has 2 aliphatic carbocycles. The summed E-state index contributed by atoms with van der Waals surface area (Å²) >= 11 is 13.0. The van der Waals surface area contributed by atoms with Crippen LogP contribution in [0.5, 0.6) is 0 Å². The quantitative estimate of drug-likeness (QED) is 0.457. The highest BCUT2D eigenvalue weighted by molar-refractivity contribution is 6.39. The van der Waals surface area contributed by atoms with Crippen LogP contribution in [0.4, 0.5) is 4.79 Å². The monoisotopic (exact) mass is 492 g/mol. The average Bonchev–Trinajstić information content (AvgIpc) is 3.52. The highest BCUT2D eigenvalue weighted by atomic mass is 35.5. The second-order valence-corrected chi connectivity index (χ2v) is 11.3. The summed E-state index contributed by atoms with van der Waals surface area (Å²) < 4.78 is 17.9. The summed E-state index contributed by atoms with van der Waals surface area (Å²) in [6.07, 6.45) is 4.91. The van der Waals surface area contributed by atoms with Crippen molar-refractivity contribution in [3.63, 3.8) is 0 Å². The van der Waals surface area contributed by atoms with Gasteiger partial charge in [0.2, 0.25) is 0 Å². The van der Waals surface area contributed by atoms with Crippen molar-refractivity contribution in [2.45, 2.75) is 83.1 Å². The van der Waals surface area contributed by atoms with Gasteiger partial charge in [-0.05, 0) is 65.0 Å². The maximum absolute atomic E-state index is 12.7. The Morgan fingerprint density at radius 2 is 1.91 bits per heavy atom. The molecule has 6 nitrogen and oxygen atoms in total. The molecule has 1 aromatic carbocycles. The van der Waals surface area contributed by atoms with Gasteiger partial charge >= 0.3 is 6.09 Å². The summed E-state index contributed by atoms with van der Waals surface area (Å²) in [6, 6.07) is 5.59.